The molecule has 0 spiro atoms. The lowest BCUT2D eigenvalue weighted by Crippen LogP contribution is -2.25. The molecule has 1 aromatic rings. The van der Waals surface area contributed by atoms with Crippen molar-refractivity contribution in [3.8, 4) is 0 Å². The van der Waals surface area contributed by atoms with Gasteiger partial charge in [-0.1, -0.05) is 11.6 Å². The standard InChI is InChI=1S/C11H14BrClN2O2/c12-8-6-9(10(13)15-7-8)11(17)14-4-2-1-3-5-16/h6-7,16H,1-5H2,(H,14,17). The van der Waals surface area contributed by atoms with Gasteiger partial charge in [-0.15, -0.1) is 0 Å². The highest BCUT2D eigenvalue weighted by Crippen LogP contribution is 2.17. The third-order valence-corrected chi connectivity index (χ3v) is 2.91. The van der Waals surface area contributed by atoms with Crippen molar-refractivity contribution in [3.63, 3.8) is 0 Å². The molecule has 0 aliphatic carbocycles. The van der Waals surface area contributed by atoms with Crippen LogP contribution in [0.1, 0.15) is 29.6 Å². The number of carbonyl (C=O) groups is 1. The Morgan fingerprint density at radius 3 is 2.94 bits per heavy atom. The van der Waals surface area contributed by atoms with Gasteiger partial charge >= 0.3 is 0 Å². The number of aliphatic hydroxyl groups is 1. The molecule has 0 bridgehead atoms. The largest absolute Gasteiger partial charge is 0.396 e. The number of carbonyl (C=O) groups excluding carboxylic acids is 1. The first-order chi connectivity index (χ1) is 8.15. The van der Waals surface area contributed by atoms with E-state index in [9.17, 15) is 4.79 Å². The fourth-order valence-electron chi connectivity index (χ4n) is 1.29. The Labute approximate surface area is 114 Å². The molecule has 2 N–H and O–H groups in total. The van der Waals surface area contributed by atoms with E-state index in [0.29, 0.717) is 16.6 Å². The number of hydrogen-bond donors (Lipinski definition) is 2. The van der Waals surface area contributed by atoms with E-state index in [1.807, 2.05) is 0 Å². The molecule has 0 saturated heterocycles. The van der Waals surface area contributed by atoms with Crippen molar-refractivity contribution in [2.45, 2.75) is 19.3 Å². The van der Waals surface area contributed by atoms with Gasteiger partial charge in [0.05, 0.1) is 5.56 Å². The van der Waals surface area contributed by atoms with E-state index in [2.05, 4.69) is 26.2 Å². The predicted molar refractivity (Wildman–Crippen MR) is 70.2 cm³/mol. The molecule has 0 atom stereocenters. The fraction of sp³-hybridized carbons (Fsp3) is 0.455. The first-order valence-electron chi connectivity index (χ1n) is 5.35. The first-order valence-corrected chi connectivity index (χ1v) is 6.52. The van der Waals surface area contributed by atoms with E-state index in [0.717, 1.165) is 19.3 Å². The molecule has 0 fully saturated rings. The van der Waals surface area contributed by atoms with Gasteiger partial charge in [0.1, 0.15) is 5.15 Å². The summed E-state index contributed by atoms with van der Waals surface area (Å²) in [4.78, 5) is 15.6. The zero-order valence-corrected chi connectivity index (χ0v) is 11.6. The number of aromatic nitrogens is 1. The molecule has 94 valence electrons. The molecule has 0 radical (unpaired) electrons. The molecule has 0 aliphatic rings. The summed E-state index contributed by atoms with van der Waals surface area (Å²) in [5, 5.41) is 11.6. The number of unbranched alkanes of at least 4 members (excludes halogenated alkanes) is 2. The zero-order chi connectivity index (χ0) is 12.7. The monoisotopic (exact) mass is 320 g/mol. The number of halogens is 2. The molecule has 1 rings (SSSR count). The number of hydrogen-bond acceptors (Lipinski definition) is 3. The van der Waals surface area contributed by atoms with E-state index >= 15 is 0 Å². The maximum absolute atomic E-state index is 11.7. The number of amides is 1. The molecule has 0 saturated carbocycles. The summed E-state index contributed by atoms with van der Waals surface area (Å²) in [5.74, 6) is -0.229. The van der Waals surface area contributed by atoms with E-state index < -0.39 is 0 Å². The van der Waals surface area contributed by atoms with Crippen LogP contribution in [0.2, 0.25) is 5.15 Å². The average Bonchev–Trinajstić information content (AvgIpc) is 2.32. The number of rotatable bonds is 6. The van der Waals surface area contributed by atoms with Crippen molar-refractivity contribution in [2.24, 2.45) is 0 Å². The van der Waals surface area contributed by atoms with Gasteiger partial charge in [0.25, 0.3) is 5.91 Å². The SMILES string of the molecule is O=C(NCCCCCO)c1cc(Br)cnc1Cl. The second kappa shape index (κ2) is 7.63. The minimum absolute atomic E-state index is 0.190. The summed E-state index contributed by atoms with van der Waals surface area (Å²) >= 11 is 9.07. The molecule has 1 heterocycles. The van der Waals surface area contributed by atoms with Gasteiger partial charge in [-0.25, -0.2) is 4.98 Å². The van der Waals surface area contributed by atoms with Gasteiger partial charge in [0, 0.05) is 23.8 Å². The minimum Gasteiger partial charge on any atom is -0.396 e. The second-order valence-corrected chi connectivity index (χ2v) is 4.81. The first kappa shape index (κ1) is 14.4. The highest BCUT2D eigenvalue weighted by Gasteiger charge is 2.11. The van der Waals surface area contributed by atoms with Gasteiger partial charge in [0.2, 0.25) is 0 Å². The summed E-state index contributed by atoms with van der Waals surface area (Å²) in [6, 6.07) is 1.64. The molecule has 1 aromatic heterocycles. The number of nitrogens with one attached hydrogen (secondary N) is 1. The summed E-state index contributed by atoms with van der Waals surface area (Å²) in [5.41, 5.74) is 0.364. The van der Waals surface area contributed by atoms with Crippen LogP contribution >= 0.6 is 27.5 Å². The highest BCUT2D eigenvalue weighted by atomic mass is 79.9. The average molecular weight is 322 g/mol. The van der Waals surface area contributed by atoms with E-state index in [-0.39, 0.29) is 17.7 Å². The quantitative estimate of drug-likeness (QED) is 0.625. The van der Waals surface area contributed by atoms with Crippen molar-refractivity contribution in [2.75, 3.05) is 13.2 Å². The summed E-state index contributed by atoms with van der Waals surface area (Å²) in [6.45, 7) is 0.761. The van der Waals surface area contributed by atoms with Crippen LogP contribution in [-0.2, 0) is 0 Å². The third kappa shape index (κ3) is 5.02. The van der Waals surface area contributed by atoms with Gasteiger partial charge in [-0.3, -0.25) is 4.79 Å². The molecule has 0 aromatic carbocycles. The van der Waals surface area contributed by atoms with E-state index in [4.69, 9.17) is 16.7 Å². The van der Waals surface area contributed by atoms with Gasteiger partial charge < -0.3 is 10.4 Å². The van der Waals surface area contributed by atoms with Crippen LogP contribution in [0.15, 0.2) is 16.7 Å². The topological polar surface area (TPSA) is 62.2 Å². The predicted octanol–water partition coefficient (Wildman–Crippen LogP) is 2.39. The normalized spacial score (nSPS) is 10.3. The Hall–Kier alpha value is -0.650. The number of aliphatic hydroxyl groups excluding tert-OH is 1. The highest BCUT2D eigenvalue weighted by molar-refractivity contribution is 9.10. The van der Waals surface area contributed by atoms with E-state index in [1.165, 1.54) is 0 Å². The van der Waals surface area contributed by atoms with Crippen molar-refractivity contribution < 1.29 is 9.90 Å². The van der Waals surface area contributed by atoms with Gasteiger partial charge in [-0.2, -0.15) is 0 Å². The maximum atomic E-state index is 11.7. The summed E-state index contributed by atoms with van der Waals surface area (Å²) in [6.07, 6.45) is 4.03. The lowest BCUT2D eigenvalue weighted by molar-refractivity contribution is 0.0952. The molecule has 17 heavy (non-hydrogen) atoms. The van der Waals surface area contributed by atoms with Crippen molar-refractivity contribution in [1.29, 1.82) is 0 Å². The summed E-state index contributed by atoms with van der Waals surface area (Å²) in [7, 11) is 0. The van der Waals surface area contributed by atoms with Crippen LogP contribution < -0.4 is 5.32 Å². The van der Waals surface area contributed by atoms with Crippen LogP contribution in [0, 0.1) is 0 Å². The second-order valence-electron chi connectivity index (χ2n) is 3.53. The number of pyridine rings is 1. The Morgan fingerprint density at radius 1 is 1.47 bits per heavy atom. The molecule has 4 nitrogen and oxygen atoms in total. The Morgan fingerprint density at radius 2 is 2.24 bits per heavy atom. The lowest BCUT2D eigenvalue weighted by atomic mass is 10.2. The molecule has 1 amide bonds. The van der Waals surface area contributed by atoms with Crippen molar-refractivity contribution in [3.05, 3.63) is 27.5 Å². The van der Waals surface area contributed by atoms with Crippen LogP contribution in [0.4, 0.5) is 0 Å². The Kier molecular flexibility index (Phi) is 6.47. The zero-order valence-electron chi connectivity index (χ0n) is 9.25. The van der Waals surface area contributed by atoms with Crippen LogP contribution in [0.5, 0.6) is 0 Å². The van der Waals surface area contributed by atoms with Gasteiger partial charge in [0.15, 0.2) is 0 Å². The molecular formula is C11H14BrClN2O2. The Balaban J connectivity index is 2.44. The molecule has 0 unspecified atom stereocenters. The van der Waals surface area contributed by atoms with Crippen LogP contribution in [0.25, 0.3) is 0 Å². The number of nitrogens with zero attached hydrogens (tertiary/aromatic N) is 1. The van der Waals surface area contributed by atoms with Crippen LogP contribution in [0.3, 0.4) is 0 Å². The summed E-state index contributed by atoms with van der Waals surface area (Å²) < 4.78 is 0.715. The smallest absolute Gasteiger partial charge is 0.254 e. The maximum Gasteiger partial charge on any atom is 0.254 e. The third-order valence-electron chi connectivity index (χ3n) is 2.17. The van der Waals surface area contributed by atoms with Crippen molar-refractivity contribution in [1.82, 2.24) is 10.3 Å². The van der Waals surface area contributed by atoms with Gasteiger partial charge in [-0.05, 0) is 41.3 Å². The van der Waals surface area contributed by atoms with Crippen LogP contribution in [-0.4, -0.2) is 29.1 Å². The van der Waals surface area contributed by atoms with E-state index in [1.54, 1.807) is 12.3 Å². The molecule has 0 aliphatic heterocycles. The minimum atomic E-state index is -0.229. The Bertz CT molecular complexity index is 388. The van der Waals surface area contributed by atoms with Crippen molar-refractivity contribution >= 4 is 33.4 Å². The molecular weight excluding hydrogens is 307 g/mol. The molecule has 6 heteroatoms. The lowest BCUT2D eigenvalue weighted by Gasteiger charge is -2.06. The fourth-order valence-corrected chi connectivity index (χ4v) is 1.81.